The summed E-state index contributed by atoms with van der Waals surface area (Å²) in [6, 6.07) is 158. The molecule has 23 aromatic rings. The number of aryl methyl sites for hydroxylation is 1. The van der Waals surface area contributed by atoms with Crippen LogP contribution < -0.4 is 23.7 Å². The van der Waals surface area contributed by atoms with E-state index in [0.717, 1.165) is 95.1 Å². The predicted octanol–water partition coefficient (Wildman–Crippen LogP) is 35.1. The van der Waals surface area contributed by atoms with Crippen LogP contribution in [-0.4, -0.2) is 0 Å². The lowest BCUT2D eigenvalue weighted by Gasteiger charge is -2.21. The molecule has 3 aliphatic heterocycles. The van der Waals surface area contributed by atoms with E-state index in [9.17, 15) is 0 Å². The largest absolute Gasteiger partial charge is 0.455 e. The first-order chi connectivity index (χ1) is 62.8. The highest BCUT2D eigenvalue weighted by Crippen LogP contribution is 2.53. The molecule has 0 bridgehead atoms. The molecule has 6 heteroatoms. The van der Waals surface area contributed by atoms with Gasteiger partial charge in [0.15, 0.2) is 46.0 Å². The first-order valence-corrected chi connectivity index (χ1v) is 43.9. The Morgan fingerprint density at radius 2 is 0.339 bits per heavy atom. The molecular formula is C121H76O5S. The van der Waals surface area contributed by atoms with E-state index in [4.69, 9.17) is 23.7 Å². The highest BCUT2D eigenvalue weighted by Gasteiger charge is 2.25. The van der Waals surface area contributed by atoms with Crippen molar-refractivity contribution in [1.29, 1.82) is 0 Å². The molecule has 0 amide bonds. The maximum absolute atomic E-state index is 6.37. The topological polar surface area (TPSA) is 46.2 Å². The van der Waals surface area contributed by atoms with Crippen molar-refractivity contribution in [3.8, 4) is 147 Å². The van der Waals surface area contributed by atoms with Gasteiger partial charge in [0, 0.05) is 0 Å². The van der Waals surface area contributed by atoms with Crippen LogP contribution in [0.4, 0.5) is 0 Å². The molecule has 3 heterocycles. The van der Waals surface area contributed by atoms with Crippen molar-refractivity contribution in [1.82, 2.24) is 0 Å². The zero-order chi connectivity index (χ0) is 84.0. The third-order valence-electron chi connectivity index (χ3n) is 25.1. The lowest BCUT2D eigenvalue weighted by Crippen LogP contribution is -1.98. The summed E-state index contributed by atoms with van der Waals surface area (Å²) in [5, 5.41) is 23.1. The van der Waals surface area contributed by atoms with Crippen LogP contribution in [0.15, 0.2) is 453 Å². The van der Waals surface area contributed by atoms with Crippen molar-refractivity contribution in [3.63, 3.8) is 0 Å². The van der Waals surface area contributed by atoms with E-state index in [1.54, 1.807) is 11.8 Å². The van der Waals surface area contributed by atoms with Crippen molar-refractivity contribution in [3.05, 3.63) is 448 Å². The highest BCUT2D eigenvalue weighted by atomic mass is 32.2. The lowest BCUT2D eigenvalue weighted by molar-refractivity contribution is 0.360. The van der Waals surface area contributed by atoms with E-state index < -0.39 is 0 Å². The zero-order valence-corrected chi connectivity index (χ0v) is 69.9. The first-order valence-electron chi connectivity index (χ1n) is 43.1. The number of rotatable bonds is 8. The van der Waals surface area contributed by atoms with Crippen molar-refractivity contribution in [2.75, 3.05) is 0 Å². The molecule has 0 radical (unpaired) electrons. The monoisotopic (exact) mass is 1640 g/mol. The number of ether oxygens (including phenoxy) is 5. The summed E-state index contributed by atoms with van der Waals surface area (Å²) in [5.41, 5.74) is 19.9. The smallest absolute Gasteiger partial charge is 0.170 e. The van der Waals surface area contributed by atoms with Gasteiger partial charge >= 0.3 is 0 Å². The van der Waals surface area contributed by atoms with Gasteiger partial charge in [-0.2, -0.15) is 0 Å². The fraction of sp³-hybridized carbons (Fsp3) is 0.00826. The maximum Gasteiger partial charge on any atom is 0.170 e. The van der Waals surface area contributed by atoms with E-state index in [0.29, 0.717) is 0 Å². The molecule has 26 rings (SSSR count). The minimum Gasteiger partial charge on any atom is -0.455 e. The van der Waals surface area contributed by atoms with E-state index in [1.165, 1.54) is 164 Å². The SMILES string of the molecule is Cc1cc(-c2ccc3c(c2)Oc2ccccc2O3)cc(-c2ccc3c4ccccc4c4ccccc4c3c2)c1.c1ccc(-c2cc(-c3ccc4c(c3)Oc3ccccc3O4)cc(-c3ccc4c5ccccc5c5ccccc5c4c3)c2)cc1.c1ccc(-c2cc(-c3ccc4c(c3)Oc3ccccc3S4)cc(-c3ccc4c5ccccc5c5ccccc5c4c3)c2)cc1. The average Bonchev–Trinajstić information content (AvgIpc) is 0.740. The summed E-state index contributed by atoms with van der Waals surface area (Å²) < 4.78 is 31.0. The van der Waals surface area contributed by atoms with E-state index in [-0.39, 0.29) is 0 Å². The van der Waals surface area contributed by atoms with Crippen LogP contribution in [0.5, 0.6) is 57.5 Å². The summed E-state index contributed by atoms with van der Waals surface area (Å²) in [5.74, 6) is 7.67. The van der Waals surface area contributed by atoms with Crippen LogP contribution in [0.1, 0.15) is 5.56 Å². The summed E-state index contributed by atoms with van der Waals surface area (Å²) in [6.07, 6.45) is 0. The molecule has 0 N–H and O–H groups in total. The normalized spacial score (nSPS) is 12.1. The van der Waals surface area contributed by atoms with Gasteiger partial charge in [0.1, 0.15) is 11.5 Å². The van der Waals surface area contributed by atoms with Gasteiger partial charge in [0.2, 0.25) is 0 Å². The Morgan fingerprint density at radius 3 is 0.677 bits per heavy atom. The second-order valence-electron chi connectivity index (χ2n) is 32.9. The van der Waals surface area contributed by atoms with Crippen LogP contribution in [0, 0.1) is 6.92 Å². The van der Waals surface area contributed by atoms with Crippen LogP contribution in [0.2, 0.25) is 0 Å². The highest BCUT2D eigenvalue weighted by molar-refractivity contribution is 7.99. The molecular weight excluding hydrogens is 1570 g/mol. The standard InChI is InChI=1S/C42H26O2.C42H26OS.C37H24O2/c1-2-10-27(11-3-1)30-22-31(24-32(23-30)29-19-21-41-42(26-29)44-40-17-9-8-16-39(40)43-41)28-18-20-37-35-14-5-4-12-33(35)34-13-6-7-15-36(34)38(37)25-28;1-2-10-27(11-3-1)30-22-31(24-32(23-30)29-19-21-42-40(26-29)43-39-16-8-9-17-41(39)44-42)28-18-20-37-35-14-5-4-12-33(35)34-13-6-7-15-36(34)38(37)25-28;1-23-18-26(20-27(19-23)25-15-17-36-37(22-25)39-35-13-7-6-12-34(35)38-36)24-14-16-32-30-10-3-2-8-28(30)29-9-4-5-11-31(29)33(32)21-24/h2*1-26H;2-22H,1H3. The van der Waals surface area contributed by atoms with Gasteiger partial charge in [-0.15, -0.1) is 0 Å². The first kappa shape index (κ1) is 74.6. The van der Waals surface area contributed by atoms with Gasteiger partial charge in [-0.05, 0) is 332 Å². The Kier molecular flexibility index (Phi) is 18.4. The van der Waals surface area contributed by atoms with Gasteiger partial charge in [0.05, 0.1) is 9.79 Å². The molecule has 127 heavy (non-hydrogen) atoms. The van der Waals surface area contributed by atoms with E-state index in [1.807, 2.05) is 72.8 Å². The molecule has 596 valence electrons. The quantitative estimate of drug-likeness (QED) is 0.141. The molecule has 0 unspecified atom stereocenters. The predicted molar refractivity (Wildman–Crippen MR) is 529 cm³/mol. The minimum atomic E-state index is 0.719. The Balaban J connectivity index is 0.000000107. The van der Waals surface area contributed by atoms with Crippen molar-refractivity contribution < 1.29 is 23.7 Å². The Bertz CT molecular complexity index is 7980. The molecule has 0 saturated heterocycles. The van der Waals surface area contributed by atoms with Gasteiger partial charge in [0.25, 0.3) is 0 Å². The molecule has 0 atom stereocenters. The minimum absolute atomic E-state index is 0.719. The Labute approximate surface area is 738 Å². The number of fused-ring (bicyclic) bond motifs is 24. The third-order valence-corrected chi connectivity index (χ3v) is 26.2. The molecule has 3 aliphatic rings. The van der Waals surface area contributed by atoms with Gasteiger partial charge in [-0.3, -0.25) is 0 Å². The van der Waals surface area contributed by atoms with Gasteiger partial charge in [-0.25, -0.2) is 0 Å². The van der Waals surface area contributed by atoms with E-state index in [2.05, 4.69) is 377 Å². The van der Waals surface area contributed by atoms with Gasteiger partial charge < -0.3 is 23.7 Å². The zero-order valence-electron chi connectivity index (χ0n) is 69.1. The molecule has 0 aliphatic carbocycles. The van der Waals surface area contributed by atoms with Crippen LogP contribution in [0.25, 0.3) is 186 Å². The average molecular weight is 1640 g/mol. The van der Waals surface area contributed by atoms with Crippen LogP contribution >= 0.6 is 11.8 Å². The second kappa shape index (κ2) is 31.3. The van der Waals surface area contributed by atoms with Crippen molar-refractivity contribution in [2.45, 2.75) is 16.7 Å². The molecule has 23 aromatic carbocycles. The number of benzene rings is 23. The molecule has 0 fully saturated rings. The van der Waals surface area contributed by atoms with Crippen LogP contribution in [-0.2, 0) is 0 Å². The summed E-state index contributed by atoms with van der Waals surface area (Å²) in [4.78, 5) is 2.29. The van der Waals surface area contributed by atoms with E-state index >= 15 is 0 Å². The fourth-order valence-electron chi connectivity index (χ4n) is 19.0. The Morgan fingerprint density at radius 1 is 0.126 bits per heavy atom. The summed E-state index contributed by atoms with van der Waals surface area (Å²) >= 11 is 1.76. The van der Waals surface area contributed by atoms with Crippen LogP contribution in [0.3, 0.4) is 0 Å². The summed E-state index contributed by atoms with van der Waals surface area (Å²) in [6.45, 7) is 2.16. The lowest BCUT2D eigenvalue weighted by atomic mass is 9.90. The number of hydrogen-bond donors (Lipinski definition) is 0. The molecule has 0 spiro atoms. The Hall–Kier alpha value is -16.3. The van der Waals surface area contributed by atoms with Crippen molar-refractivity contribution >= 4 is 109 Å². The number of para-hydroxylation sites is 5. The second-order valence-corrected chi connectivity index (χ2v) is 34.0. The molecule has 0 aromatic heterocycles. The van der Waals surface area contributed by atoms with Gasteiger partial charge in [-0.1, -0.05) is 321 Å². The van der Waals surface area contributed by atoms with Crippen molar-refractivity contribution in [2.24, 2.45) is 0 Å². The molecule has 5 nitrogen and oxygen atoms in total. The maximum atomic E-state index is 6.37. The third kappa shape index (κ3) is 13.7. The fourth-order valence-corrected chi connectivity index (χ4v) is 19.9. The number of hydrogen-bond acceptors (Lipinski definition) is 6. The summed E-state index contributed by atoms with van der Waals surface area (Å²) in [7, 11) is 0. The molecule has 0 saturated carbocycles.